The lowest BCUT2D eigenvalue weighted by Crippen LogP contribution is -2.12. The van der Waals surface area contributed by atoms with E-state index in [4.69, 9.17) is 11.6 Å². The van der Waals surface area contributed by atoms with Crippen LogP contribution in [0.15, 0.2) is 21.2 Å². The number of nitrogens with one attached hydrogen (secondary N) is 1. The van der Waals surface area contributed by atoms with Gasteiger partial charge in [-0.2, -0.15) is 0 Å². The Morgan fingerprint density at radius 2 is 2.38 bits per heavy atom. The molecule has 0 spiro atoms. The van der Waals surface area contributed by atoms with Gasteiger partial charge in [0.05, 0.1) is 6.20 Å². The quantitative estimate of drug-likeness (QED) is 0.640. The molecule has 0 bridgehead atoms. The van der Waals surface area contributed by atoms with Gasteiger partial charge in [0.25, 0.3) is 0 Å². The smallest absolute Gasteiger partial charge is 0.273 e. The molecular weight excluding hydrogens is 257 g/mol. The molecule has 1 N–H and O–H groups in total. The number of hydrogen-bond acceptors (Lipinski definition) is 5. The maximum absolute atomic E-state index is 13.3. The molecule has 2 aromatic heterocycles. The van der Waals surface area contributed by atoms with Gasteiger partial charge in [0.2, 0.25) is 5.28 Å². The third kappa shape index (κ3) is 2.07. The van der Waals surface area contributed by atoms with Crippen LogP contribution in [0.4, 0.5) is 4.39 Å². The van der Waals surface area contributed by atoms with Gasteiger partial charge in [0.1, 0.15) is 5.03 Å². The zero-order valence-electron chi connectivity index (χ0n) is 7.94. The molecule has 0 aliphatic heterocycles. The first kappa shape index (κ1) is 11.1. The fourth-order valence-corrected chi connectivity index (χ4v) is 1.86. The van der Waals surface area contributed by atoms with Gasteiger partial charge >= 0.3 is 5.69 Å². The van der Waals surface area contributed by atoms with Gasteiger partial charge in [0, 0.05) is 7.05 Å². The SMILES string of the molecule is Cn1c(Sc2nc(Cl)ncc2F)n[nH]c1=O. The van der Waals surface area contributed by atoms with E-state index in [9.17, 15) is 9.18 Å². The van der Waals surface area contributed by atoms with Gasteiger partial charge in [-0.05, 0) is 23.4 Å². The molecule has 2 heterocycles. The van der Waals surface area contributed by atoms with E-state index in [0.717, 1.165) is 18.0 Å². The van der Waals surface area contributed by atoms with Gasteiger partial charge in [-0.15, -0.1) is 5.10 Å². The van der Waals surface area contributed by atoms with Crippen molar-refractivity contribution >= 4 is 23.4 Å². The van der Waals surface area contributed by atoms with Crippen LogP contribution in [0, 0.1) is 5.82 Å². The van der Waals surface area contributed by atoms with E-state index in [2.05, 4.69) is 20.2 Å². The molecule has 6 nitrogen and oxygen atoms in total. The predicted molar refractivity (Wildman–Crippen MR) is 55.0 cm³/mol. The molecule has 0 atom stereocenters. The Kier molecular flexibility index (Phi) is 2.92. The van der Waals surface area contributed by atoms with Crippen LogP contribution in [0.25, 0.3) is 0 Å². The molecule has 0 amide bonds. The standard InChI is InChI=1S/C7H5ClFN5OS/c1-14-6(15)12-13-7(14)16-4-3(9)2-10-5(8)11-4/h2H,1H3,(H,12,15). The number of rotatable bonds is 2. The van der Waals surface area contributed by atoms with Crippen molar-refractivity contribution in [3.8, 4) is 0 Å². The topological polar surface area (TPSA) is 76.5 Å². The van der Waals surface area contributed by atoms with Crippen molar-refractivity contribution in [1.82, 2.24) is 24.7 Å². The summed E-state index contributed by atoms with van der Waals surface area (Å²) in [6, 6.07) is 0. The van der Waals surface area contributed by atoms with Crippen LogP contribution >= 0.6 is 23.4 Å². The van der Waals surface area contributed by atoms with Crippen molar-refractivity contribution in [2.75, 3.05) is 0 Å². The zero-order valence-corrected chi connectivity index (χ0v) is 9.51. The maximum atomic E-state index is 13.3. The highest BCUT2D eigenvalue weighted by Crippen LogP contribution is 2.25. The highest BCUT2D eigenvalue weighted by atomic mass is 35.5. The average molecular weight is 262 g/mol. The van der Waals surface area contributed by atoms with Crippen LogP contribution in [-0.2, 0) is 7.05 Å². The van der Waals surface area contributed by atoms with Crippen LogP contribution in [0.1, 0.15) is 0 Å². The number of halogens is 2. The third-order valence-electron chi connectivity index (χ3n) is 1.71. The first-order chi connectivity index (χ1) is 7.58. The van der Waals surface area contributed by atoms with Crippen LogP contribution in [0.2, 0.25) is 5.28 Å². The van der Waals surface area contributed by atoms with Crippen molar-refractivity contribution < 1.29 is 4.39 Å². The summed E-state index contributed by atoms with van der Waals surface area (Å²) in [4.78, 5) is 18.2. The average Bonchev–Trinajstić information content (AvgIpc) is 2.55. The van der Waals surface area contributed by atoms with Gasteiger partial charge in [-0.25, -0.2) is 24.3 Å². The molecule has 0 aromatic carbocycles. The van der Waals surface area contributed by atoms with E-state index in [1.54, 1.807) is 0 Å². The Morgan fingerprint density at radius 1 is 1.62 bits per heavy atom. The molecule has 0 unspecified atom stereocenters. The van der Waals surface area contributed by atoms with Crippen LogP contribution in [0.3, 0.4) is 0 Å². The second-order valence-corrected chi connectivity index (χ2v) is 4.06. The Labute approximate surface area is 97.9 Å². The van der Waals surface area contributed by atoms with Crippen molar-refractivity contribution in [2.24, 2.45) is 7.05 Å². The molecular formula is C7H5ClFN5OS. The van der Waals surface area contributed by atoms with Crippen molar-refractivity contribution in [2.45, 2.75) is 10.2 Å². The Bertz CT molecular complexity index is 582. The second kappa shape index (κ2) is 4.22. The summed E-state index contributed by atoms with van der Waals surface area (Å²) in [6.07, 6.45) is 0.961. The number of hydrogen-bond donors (Lipinski definition) is 1. The Hall–Kier alpha value is -1.41. The van der Waals surface area contributed by atoms with Gasteiger partial charge in [-0.3, -0.25) is 4.57 Å². The van der Waals surface area contributed by atoms with Gasteiger partial charge in [-0.1, -0.05) is 0 Å². The monoisotopic (exact) mass is 261 g/mol. The number of aromatic amines is 1. The first-order valence-electron chi connectivity index (χ1n) is 4.05. The molecule has 0 saturated heterocycles. The molecule has 0 aliphatic carbocycles. The summed E-state index contributed by atoms with van der Waals surface area (Å²) in [5.41, 5.74) is -0.386. The van der Waals surface area contributed by atoms with Crippen LogP contribution in [0.5, 0.6) is 0 Å². The minimum Gasteiger partial charge on any atom is -0.273 e. The molecule has 0 saturated carbocycles. The van der Waals surface area contributed by atoms with Crippen molar-refractivity contribution in [1.29, 1.82) is 0 Å². The van der Waals surface area contributed by atoms with E-state index < -0.39 is 5.82 Å². The normalized spacial score (nSPS) is 10.7. The van der Waals surface area contributed by atoms with E-state index >= 15 is 0 Å². The minimum absolute atomic E-state index is 0.0158. The van der Waals surface area contributed by atoms with E-state index in [0.29, 0.717) is 5.16 Å². The summed E-state index contributed by atoms with van der Waals surface area (Å²) < 4.78 is 14.5. The molecule has 9 heteroatoms. The molecule has 16 heavy (non-hydrogen) atoms. The molecule has 2 aromatic rings. The highest BCUT2D eigenvalue weighted by molar-refractivity contribution is 7.99. The lowest BCUT2D eigenvalue weighted by atomic mass is 10.6. The lowest BCUT2D eigenvalue weighted by Gasteiger charge is -2.00. The summed E-state index contributed by atoms with van der Waals surface area (Å²) in [5.74, 6) is -0.621. The van der Waals surface area contributed by atoms with Crippen LogP contribution < -0.4 is 5.69 Å². The van der Waals surface area contributed by atoms with E-state index in [-0.39, 0.29) is 16.0 Å². The number of nitrogens with zero attached hydrogens (tertiary/aromatic N) is 4. The minimum atomic E-state index is -0.621. The predicted octanol–water partition coefficient (Wildman–Crippen LogP) is 0.842. The second-order valence-electron chi connectivity index (χ2n) is 2.76. The summed E-state index contributed by atoms with van der Waals surface area (Å²) >= 11 is 6.41. The Balaban J connectivity index is 2.37. The maximum Gasteiger partial charge on any atom is 0.343 e. The molecule has 0 fully saturated rings. The highest BCUT2D eigenvalue weighted by Gasteiger charge is 2.12. The van der Waals surface area contributed by atoms with Gasteiger partial charge in [0.15, 0.2) is 11.0 Å². The zero-order chi connectivity index (χ0) is 11.7. The lowest BCUT2D eigenvalue weighted by molar-refractivity contribution is 0.578. The first-order valence-corrected chi connectivity index (χ1v) is 5.24. The summed E-state index contributed by atoms with van der Waals surface area (Å²) in [7, 11) is 1.51. The summed E-state index contributed by atoms with van der Waals surface area (Å²) in [6.45, 7) is 0. The number of aromatic nitrogens is 5. The molecule has 2 rings (SSSR count). The largest absolute Gasteiger partial charge is 0.343 e. The van der Waals surface area contributed by atoms with E-state index in [1.807, 2.05) is 0 Å². The molecule has 0 aliphatic rings. The molecule has 84 valence electrons. The Morgan fingerprint density at radius 3 is 3.00 bits per heavy atom. The number of H-pyrrole nitrogens is 1. The summed E-state index contributed by atoms with van der Waals surface area (Å²) in [5, 5.41) is 6.17. The van der Waals surface area contributed by atoms with Gasteiger partial charge < -0.3 is 0 Å². The van der Waals surface area contributed by atoms with Crippen LogP contribution in [-0.4, -0.2) is 24.7 Å². The fraction of sp³-hybridized carbons (Fsp3) is 0.143. The van der Waals surface area contributed by atoms with E-state index in [1.165, 1.54) is 11.6 Å². The van der Waals surface area contributed by atoms with Crippen molar-refractivity contribution in [3.05, 3.63) is 27.8 Å². The van der Waals surface area contributed by atoms with Crippen molar-refractivity contribution in [3.63, 3.8) is 0 Å². The fourth-order valence-electron chi connectivity index (χ4n) is 0.913. The third-order valence-corrected chi connectivity index (χ3v) is 2.92. The molecule has 0 radical (unpaired) electrons.